The Morgan fingerprint density at radius 3 is 2.23 bits per heavy atom. The van der Waals surface area contributed by atoms with E-state index in [0.717, 1.165) is 0 Å². The van der Waals surface area contributed by atoms with Crippen molar-refractivity contribution < 1.29 is 29.0 Å². The number of aliphatic carboxylic acids is 1. The highest BCUT2D eigenvalue weighted by Crippen LogP contribution is 2.39. The zero-order valence-corrected chi connectivity index (χ0v) is 17.3. The maximum absolute atomic E-state index is 13.5. The number of carboxylic acid groups (broad SMARTS) is 1. The van der Waals surface area contributed by atoms with Crippen molar-refractivity contribution in [3.05, 3.63) is 76.1 Å². The Morgan fingerprint density at radius 2 is 1.61 bits per heavy atom. The van der Waals surface area contributed by atoms with Gasteiger partial charge in [0, 0.05) is 23.6 Å². The van der Waals surface area contributed by atoms with E-state index in [1.165, 1.54) is 29.2 Å². The number of carboxylic acids is 1. The Morgan fingerprint density at radius 1 is 0.968 bits per heavy atom. The van der Waals surface area contributed by atoms with Crippen LogP contribution in [0.1, 0.15) is 42.9 Å². The van der Waals surface area contributed by atoms with Crippen LogP contribution < -0.4 is 0 Å². The fourth-order valence-electron chi connectivity index (χ4n) is 3.60. The highest BCUT2D eigenvalue weighted by Gasteiger charge is 2.45. The lowest BCUT2D eigenvalue weighted by atomic mass is 9.95. The second-order valence-electron chi connectivity index (χ2n) is 7.26. The van der Waals surface area contributed by atoms with E-state index in [1.54, 1.807) is 24.3 Å². The van der Waals surface area contributed by atoms with Crippen LogP contribution in [0.15, 0.2) is 54.1 Å². The van der Waals surface area contributed by atoms with Crippen molar-refractivity contribution in [3.8, 4) is 0 Å². The van der Waals surface area contributed by atoms with Crippen LogP contribution in [0, 0.1) is 5.82 Å². The molecule has 0 bridgehead atoms. The van der Waals surface area contributed by atoms with E-state index in [1.807, 2.05) is 0 Å². The summed E-state index contributed by atoms with van der Waals surface area (Å²) in [5.41, 5.74) is 0.738. The number of hydrogen-bond donors (Lipinski definition) is 2. The summed E-state index contributed by atoms with van der Waals surface area (Å²) in [6.45, 7) is 0.198. The first-order valence-corrected chi connectivity index (χ1v) is 10.2. The molecular formula is C23H21ClFNO5. The Balaban J connectivity index is 1.96. The van der Waals surface area contributed by atoms with Gasteiger partial charge in [0.15, 0.2) is 0 Å². The molecule has 2 aromatic carbocycles. The van der Waals surface area contributed by atoms with Crippen LogP contribution in [0.2, 0.25) is 5.02 Å². The van der Waals surface area contributed by atoms with Gasteiger partial charge in [-0.1, -0.05) is 30.2 Å². The van der Waals surface area contributed by atoms with E-state index in [2.05, 4.69) is 0 Å². The van der Waals surface area contributed by atoms with Crippen molar-refractivity contribution in [3.63, 3.8) is 0 Å². The second kappa shape index (κ2) is 9.75. The number of carbonyl (C=O) groups is 3. The number of Topliss-reactive ketones (excluding diaryl/α,β-unsaturated/α-hetero) is 1. The van der Waals surface area contributed by atoms with Gasteiger partial charge in [-0.05, 0) is 54.8 Å². The van der Waals surface area contributed by atoms with Crippen LogP contribution in [0.25, 0.3) is 5.76 Å². The van der Waals surface area contributed by atoms with Gasteiger partial charge in [0.1, 0.15) is 11.6 Å². The molecule has 1 atom stereocenters. The number of benzene rings is 2. The Hall–Kier alpha value is -3.19. The second-order valence-corrected chi connectivity index (χ2v) is 7.69. The van der Waals surface area contributed by atoms with Crippen LogP contribution in [0.5, 0.6) is 0 Å². The summed E-state index contributed by atoms with van der Waals surface area (Å²) in [4.78, 5) is 37.6. The molecular weight excluding hydrogens is 425 g/mol. The lowest BCUT2D eigenvalue weighted by Crippen LogP contribution is -2.30. The molecule has 0 radical (unpaired) electrons. The van der Waals surface area contributed by atoms with E-state index >= 15 is 0 Å². The average molecular weight is 446 g/mol. The molecule has 1 saturated heterocycles. The van der Waals surface area contributed by atoms with E-state index in [4.69, 9.17) is 16.7 Å². The molecule has 1 aliphatic heterocycles. The Bertz CT molecular complexity index is 1020. The van der Waals surface area contributed by atoms with Gasteiger partial charge < -0.3 is 15.1 Å². The van der Waals surface area contributed by atoms with E-state index in [0.29, 0.717) is 35.4 Å². The van der Waals surface area contributed by atoms with Crippen molar-refractivity contribution in [1.82, 2.24) is 4.90 Å². The molecule has 0 aliphatic carbocycles. The van der Waals surface area contributed by atoms with Crippen LogP contribution in [0.3, 0.4) is 0 Å². The number of halogens is 2. The van der Waals surface area contributed by atoms with Gasteiger partial charge in [-0.15, -0.1) is 0 Å². The Kier molecular flexibility index (Phi) is 7.07. The summed E-state index contributed by atoms with van der Waals surface area (Å²) < 4.78 is 13.5. The number of unbranched alkanes of at least 4 members (excludes halogenated alkanes) is 2. The monoisotopic (exact) mass is 445 g/mol. The molecule has 2 aromatic rings. The molecule has 1 unspecified atom stereocenters. The summed E-state index contributed by atoms with van der Waals surface area (Å²) >= 11 is 5.89. The van der Waals surface area contributed by atoms with E-state index in [-0.39, 0.29) is 24.3 Å². The number of hydrogen-bond acceptors (Lipinski definition) is 4. The highest BCUT2D eigenvalue weighted by molar-refractivity contribution is 6.46. The van der Waals surface area contributed by atoms with Gasteiger partial charge in [-0.25, -0.2) is 4.39 Å². The minimum Gasteiger partial charge on any atom is -0.507 e. The number of likely N-dealkylation sites (tertiary alicyclic amines) is 1. The Labute approximate surface area is 183 Å². The molecule has 1 fully saturated rings. The highest BCUT2D eigenvalue weighted by atomic mass is 35.5. The van der Waals surface area contributed by atoms with Crippen molar-refractivity contribution in [2.45, 2.75) is 31.7 Å². The van der Waals surface area contributed by atoms with Crippen LogP contribution in [-0.2, 0) is 14.4 Å². The quantitative estimate of drug-likeness (QED) is 0.269. The molecule has 0 saturated carbocycles. The van der Waals surface area contributed by atoms with Crippen LogP contribution in [-0.4, -0.2) is 39.3 Å². The first-order valence-electron chi connectivity index (χ1n) is 9.81. The first-order chi connectivity index (χ1) is 14.8. The van der Waals surface area contributed by atoms with Crippen molar-refractivity contribution in [2.24, 2.45) is 0 Å². The topological polar surface area (TPSA) is 94.9 Å². The molecule has 1 aliphatic rings. The van der Waals surface area contributed by atoms with Crippen molar-refractivity contribution in [2.75, 3.05) is 6.54 Å². The zero-order chi connectivity index (χ0) is 22.5. The summed E-state index contributed by atoms with van der Waals surface area (Å²) in [5, 5.41) is 20.1. The molecule has 1 heterocycles. The minimum atomic E-state index is -0.894. The lowest BCUT2D eigenvalue weighted by Gasteiger charge is -2.25. The van der Waals surface area contributed by atoms with Gasteiger partial charge in [0.2, 0.25) is 0 Å². The number of carbonyl (C=O) groups excluding carboxylic acids is 2. The normalized spacial score (nSPS) is 17.9. The number of aliphatic hydroxyl groups excluding tert-OH is 1. The molecule has 31 heavy (non-hydrogen) atoms. The third-order valence-electron chi connectivity index (χ3n) is 5.13. The summed E-state index contributed by atoms with van der Waals surface area (Å²) in [7, 11) is 0. The molecule has 1 amide bonds. The van der Waals surface area contributed by atoms with E-state index in [9.17, 15) is 23.9 Å². The molecule has 3 rings (SSSR count). The lowest BCUT2D eigenvalue weighted by molar-refractivity contribution is -0.140. The maximum atomic E-state index is 13.5. The maximum Gasteiger partial charge on any atom is 0.303 e. The third kappa shape index (κ3) is 5.11. The average Bonchev–Trinajstić information content (AvgIpc) is 2.99. The molecule has 8 heteroatoms. The fourth-order valence-corrected chi connectivity index (χ4v) is 3.73. The van der Waals surface area contributed by atoms with Gasteiger partial charge in [-0.3, -0.25) is 14.4 Å². The van der Waals surface area contributed by atoms with Crippen LogP contribution >= 0.6 is 11.6 Å². The summed E-state index contributed by atoms with van der Waals surface area (Å²) in [6.07, 6.45) is 1.52. The minimum absolute atomic E-state index is 0.0246. The fraction of sp³-hybridized carbons (Fsp3) is 0.261. The summed E-state index contributed by atoms with van der Waals surface area (Å²) in [6, 6.07) is 10.7. The number of ketones is 1. The standard InChI is InChI=1S/C23H21ClFNO5/c24-16-9-5-15(6-10-16)21(29)19-20(14-7-11-17(25)12-8-14)26(23(31)22(19)30)13-3-1-2-4-18(27)28/h5-12,20,29H,1-4,13H2,(H,27,28)/b21-19+. The largest absolute Gasteiger partial charge is 0.507 e. The van der Waals surface area contributed by atoms with Gasteiger partial charge in [0.25, 0.3) is 11.7 Å². The predicted molar refractivity (Wildman–Crippen MR) is 113 cm³/mol. The van der Waals surface area contributed by atoms with Crippen molar-refractivity contribution >= 4 is 35.0 Å². The third-order valence-corrected chi connectivity index (χ3v) is 5.38. The van der Waals surface area contributed by atoms with Gasteiger partial charge in [-0.2, -0.15) is 0 Å². The molecule has 0 aromatic heterocycles. The molecule has 0 spiro atoms. The van der Waals surface area contributed by atoms with Crippen LogP contribution in [0.4, 0.5) is 4.39 Å². The number of nitrogens with zero attached hydrogens (tertiary/aromatic N) is 1. The number of amides is 1. The number of rotatable bonds is 8. The van der Waals surface area contributed by atoms with E-state index < -0.39 is 29.5 Å². The zero-order valence-electron chi connectivity index (χ0n) is 16.6. The van der Waals surface area contributed by atoms with Gasteiger partial charge >= 0.3 is 5.97 Å². The van der Waals surface area contributed by atoms with Crippen molar-refractivity contribution in [1.29, 1.82) is 0 Å². The SMILES string of the molecule is O=C(O)CCCCCN1C(=O)C(=O)/C(=C(/O)c2ccc(Cl)cc2)C1c1ccc(F)cc1. The number of aliphatic hydroxyl groups is 1. The predicted octanol–water partition coefficient (Wildman–Crippen LogP) is 4.55. The van der Waals surface area contributed by atoms with Gasteiger partial charge in [0.05, 0.1) is 11.6 Å². The smallest absolute Gasteiger partial charge is 0.303 e. The molecule has 162 valence electrons. The first kappa shape index (κ1) is 22.5. The molecule has 2 N–H and O–H groups in total. The molecule has 6 nitrogen and oxygen atoms in total. The summed E-state index contributed by atoms with van der Waals surface area (Å²) in [5.74, 6) is -3.28.